The van der Waals surface area contributed by atoms with Gasteiger partial charge in [-0.3, -0.25) is 9.59 Å². The van der Waals surface area contributed by atoms with Gasteiger partial charge in [-0.15, -0.1) is 0 Å². The van der Waals surface area contributed by atoms with E-state index in [1.807, 2.05) is 18.9 Å². The van der Waals surface area contributed by atoms with Gasteiger partial charge in [0.15, 0.2) is 0 Å². The van der Waals surface area contributed by atoms with Crippen LogP contribution in [0.1, 0.15) is 61.7 Å². The molecule has 2 amide bonds. The Morgan fingerprint density at radius 1 is 0.829 bits per heavy atom. The zero-order valence-corrected chi connectivity index (χ0v) is 30.7. The van der Waals surface area contributed by atoms with Gasteiger partial charge in [-0.1, -0.05) is 39.3 Å². The molecule has 2 aromatic heterocycles. The quantitative estimate of drug-likeness (QED) is 0.0981. The molecule has 1 aliphatic heterocycles. The summed E-state index contributed by atoms with van der Waals surface area (Å²) < 4.78 is 17.8. The molecule has 1 saturated heterocycles. The highest BCUT2D eigenvalue weighted by Crippen LogP contribution is 2.43. The van der Waals surface area contributed by atoms with E-state index in [-0.39, 0.29) is 11.8 Å². The van der Waals surface area contributed by atoms with E-state index in [4.69, 9.17) is 9.47 Å². The molecule has 0 aromatic carbocycles. The number of aromatic nitrogens is 4. The van der Waals surface area contributed by atoms with Gasteiger partial charge in [-0.2, -0.15) is 0 Å². The second-order valence-electron chi connectivity index (χ2n) is 13.5. The number of amides is 2. The standard InChI is InChI=1S/C12H21BrN2OSi.C12H22N2OSi.C4H4BrNO2/c1-17(2,3)7-6-16-9-15-8-14-12(13)11(15)10-4-5-10;1-16(2,3)7-6-15-10-14-9-13-8-12(14)11-4-5-11;5-6-3(7)1-2-4(6)8/h8,10H,4-7,9H2,1-3H3;8-9,11H,4-7,10H2,1-3H3;1-2H2. The zero-order valence-electron chi connectivity index (χ0n) is 25.5. The third-order valence-corrected chi connectivity index (χ3v) is 11.8. The molecule has 2 aromatic rings. The predicted octanol–water partition coefficient (Wildman–Crippen LogP) is 7.35. The number of carbonyl (C=O) groups is 2. The molecule has 41 heavy (non-hydrogen) atoms. The summed E-state index contributed by atoms with van der Waals surface area (Å²) in [5, 5.41) is 0. The molecule has 0 bridgehead atoms. The number of imide groups is 1. The number of ether oxygens (including phenoxy) is 2. The molecular weight excluding hydrogens is 686 g/mol. The number of rotatable bonds is 12. The summed E-state index contributed by atoms with van der Waals surface area (Å²) >= 11 is 6.32. The highest BCUT2D eigenvalue weighted by Gasteiger charge is 2.30. The fourth-order valence-corrected chi connectivity index (χ4v) is 6.53. The lowest BCUT2D eigenvalue weighted by Crippen LogP contribution is -2.22. The van der Waals surface area contributed by atoms with Crippen LogP contribution in [-0.2, 0) is 32.5 Å². The SMILES string of the molecule is C[Si](C)(C)CCOCn1cnc(Br)c1C1CC1.C[Si](C)(C)CCOCn1cncc1C1CC1.O=C1CCC(=O)N1Br. The molecule has 3 heterocycles. The van der Waals surface area contributed by atoms with Crippen LogP contribution in [0.2, 0.25) is 51.4 Å². The molecule has 0 N–H and O–H groups in total. The Morgan fingerprint density at radius 3 is 1.78 bits per heavy atom. The number of imidazole rings is 2. The van der Waals surface area contributed by atoms with Crippen LogP contribution in [0.25, 0.3) is 0 Å². The molecule has 2 saturated carbocycles. The predicted molar refractivity (Wildman–Crippen MR) is 174 cm³/mol. The van der Waals surface area contributed by atoms with Crippen molar-refractivity contribution in [3.63, 3.8) is 0 Å². The smallest absolute Gasteiger partial charge is 0.239 e. The Kier molecular flexibility index (Phi) is 13.0. The first-order valence-corrected chi connectivity index (χ1v) is 23.5. The summed E-state index contributed by atoms with van der Waals surface area (Å²) in [6.45, 7) is 17.3. The average molecular weight is 734 g/mol. The first kappa shape index (κ1) is 34.4. The molecule has 0 atom stereocenters. The van der Waals surface area contributed by atoms with Gasteiger partial charge < -0.3 is 18.6 Å². The van der Waals surface area contributed by atoms with Crippen LogP contribution in [-0.4, -0.2) is 64.2 Å². The van der Waals surface area contributed by atoms with Gasteiger partial charge in [-0.05, 0) is 53.7 Å². The highest BCUT2D eigenvalue weighted by molar-refractivity contribution is 9.10. The fraction of sp³-hybridized carbons (Fsp3) is 0.714. The van der Waals surface area contributed by atoms with Crippen molar-refractivity contribution in [1.29, 1.82) is 0 Å². The van der Waals surface area contributed by atoms with Crippen LogP contribution in [0.15, 0.2) is 23.5 Å². The Balaban J connectivity index is 0.000000180. The first-order valence-electron chi connectivity index (χ1n) is 14.6. The average Bonchev–Trinajstić information content (AvgIpc) is 3.81. The number of hydrogen-bond acceptors (Lipinski definition) is 6. The third-order valence-electron chi connectivity index (χ3n) is 6.98. The Morgan fingerprint density at radius 2 is 1.34 bits per heavy atom. The molecule has 2 aliphatic carbocycles. The monoisotopic (exact) mass is 731 g/mol. The lowest BCUT2D eigenvalue weighted by molar-refractivity contribution is -0.131. The van der Waals surface area contributed by atoms with Crippen molar-refractivity contribution in [2.24, 2.45) is 0 Å². The molecule has 5 rings (SSSR count). The normalized spacial score (nSPS) is 17.3. The van der Waals surface area contributed by atoms with Crippen molar-refractivity contribution in [3.8, 4) is 0 Å². The van der Waals surface area contributed by atoms with Crippen LogP contribution in [0.4, 0.5) is 0 Å². The van der Waals surface area contributed by atoms with Gasteiger partial charge in [0.25, 0.3) is 0 Å². The summed E-state index contributed by atoms with van der Waals surface area (Å²) in [5.41, 5.74) is 2.67. The van der Waals surface area contributed by atoms with E-state index in [2.05, 4.69) is 90.5 Å². The van der Waals surface area contributed by atoms with Crippen LogP contribution < -0.4 is 0 Å². The highest BCUT2D eigenvalue weighted by atomic mass is 79.9. The molecule has 9 nitrogen and oxygen atoms in total. The summed E-state index contributed by atoms with van der Waals surface area (Å²) in [5.74, 6) is 1.17. The molecule has 0 unspecified atom stereocenters. The van der Waals surface area contributed by atoms with Gasteiger partial charge in [0, 0.05) is 65.9 Å². The van der Waals surface area contributed by atoms with E-state index in [0.717, 1.165) is 27.7 Å². The fourth-order valence-electron chi connectivity index (χ4n) is 4.02. The maximum absolute atomic E-state index is 10.4. The van der Waals surface area contributed by atoms with Gasteiger partial charge in [0.05, 0.1) is 34.5 Å². The van der Waals surface area contributed by atoms with Crippen molar-refractivity contribution >= 4 is 60.0 Å². The second kappa shape index (κ2) is 15.6. The first-order chi connectivity index (χ1) is 19.2. The van der Waals surface area contributed by atoms with Crippen LogP contribution in [0.5, 0.6) is 0 Å². The molecule has 3 fully saturated rings. The van der Waals surface area contributed by atoms with E-state index in [1.54, 1.807) is 0 Å². The summed E-state index contributed by atoms with van der Waals surface area (Å²) in [6.07, 6.45) is 11.7. The third kappa shape index (κ3) is 12.6. The van der Waals surface area contributed by atoms with E-state index >= 15 is 0 Å². The van der Waals surface area contributed by atoms with Crippen molar-refractivity contribution in [2.45, 2.75) is 115 Å². The molecule has 0 spiro atoms. The molecular formula is C28H47Br2N5O4Si2. The summed E-state index contributed by atoms with van der Waals surface area (Å²) in [7, 11) is -1.92. The van der Waals surface area contributed by atoms with Crippen molar-refractivity contribution in [3.05, 3.63) is 34.8 Å². The van der Waals surface area contributed by atoms with Crippen LogP contribution in [0, 0.1) is 0 Å². The van der Waals surface area contributed by atoms with Crippen molar-refractivity contribution in [2.75, 3.05) is 13.2 Å². The Labute approximate surface area is 264 Å². The number of halogens is 2. The number of carbonyl (C=O) groups excluding carboxylic acids is 2. The van der Waals surface area contributed by atoms with Crippen LogP contribution >= 0.6 is 32.1 Å². The minimum atomic E-state index is -0.972. The van der Waals surface area contributed by atoms with Crippen LogP contribution in [0.3, 0.4) is 0 Å². The Hall–Kier alpha value is -1.13. The maximum atomic E-state index is 10.4. The minimum absolute atomic E-state index is 0.144. The van der Waals surface area contributed by atoms with E-state index in [1.165, 1.54) is 49.2 Å². The second-order valence-corrected chi connectivity index (χ2v) is 26.2. The molecule has 13 heteroatoms. The maximum Gasteiger partial charge on any atom is 0.239 e. The van der Waals surface area contributed by atoms with E-state index in [0.29, 0.717) is 32.2 Å². The topological polar surface area (TPSA) is 91.5 Å². The lowest BCUT2D eigenvalue weighted by atomic mass is 10.3. The minimum Gasteiger partial charge on any atom is -0.361 e. The number of hydrogen-bond donors (Lipinski definition) is 0. The van der Waals surface area contributed by atoms with Gasteiger partial charge in [0.2, 0.25) is 11.8 Å². The lowest BCUT2D eigenvalue weighted by Gasteiger charge is -2.16. The van der Waals surface area contributed by atoms with Gasteiger partial charge in [-0.25, -0.2) is 13.9 Å². The Bertz CT molecular complexity index is 1120. The molecule has 230 valence electrons. The van der Waals surface area contributed by atoms with Crippen molar-refractivity contribution < 1.29 is 19.1 Å². The molecule has 3 aliphatic rings. The van der Waals surface area contributed by atoms with E-state index in [9.17, 15) is 9.59 Å². The van der Waals surface area contributed by atoms with Gasteiger partial charge in [0.1, 0.15) is 18.1 Å². The van der Waals surface area contributed by atoms with E-state index < -0.39 is 16.1 Å². The zero-order chi connectivity index (χ0) is 30.2. The molecule has 0 radical (unpaired) electrons. The van der Waals surface area contributed by atoms with Crippen molar-refractivity contribution in [1.82, 2.24) is 23.0 Å². The largest absolute Gasteiger partial charge is 0.361 e. The van der Waals surface area contributed by atoms with Gasteiger partial charge >= 0.3 is 0 Å². The number of nitrogens with zero attached hydrogens (tertiary/aromatic N) is 5. The summed E-state index contributed by atoms with van der Waals surface area (Å²) in [4.78, 5) is 29.4. The summed E-state index contributed by atoms with van der Waals surface area (Å²) in [6, 6.07) is 2.46.